The molecule has 0 aromatic heterocycles. The van der Waals surface area contributed by atoms with E-state index in [0.717, 1.165) is 16.9 Å². The van der Waals surface area contributed by atoms with E-state index in [9.17, 15) is 0 Å². The van der Waals surface area contributed by atoms with Crippen molar-refractivity contribution in [2.24, 2.45) is 0 Å². The van der Waals surface area contributed by atoms with Gasteiger partial charge >= 0.3 is 0 Å². The van der Waals surface area contributed by atoms with Crippen LogP contribution in [0.4, 0.5) is 0 Å². The molecule has 2 nitrogen and oxygen atoms in total. The molecular weight excluding hydrogens is 329 g/mol. The number of hydrogen-bond acceptors (Lipinski definition) is 2. The summed E-state index contributed by atoms with van der Waals surface area (Å²) >= 11 is 18.4. The van der Waals surface area contributed by atoms with Crippen molar-refractivity contribution in [3.63, 3.8) is 0 Å². The van der Waals surface area contributed by atoms with Gasteiger partial charge in [0.05, 0.1) is 17.2 Å². The van der Waals surface area contributed by atoms with Crippen molar-refractivity contribution in [2.45, 2.75) is 19.5 Å². The van der Waals surface area contributed by atoms with Gasteiger partial charge in [-0.3, -0.25) is 0 Å². The van der Waals surface area contributed by atoms with Crippen LogP contribution in [0.3, 0.4) is 0 Å². The third-order valence-corrected chi connectivity index (χ3v) is 4.53. The molecule has 5 heteroatoms. The molecule has 1 atom stereocenters. The molecule has 0 amide bonds. The lowest BCUT2D eigenvalue weighted by Gasteiger charge is -2.18. The molecule has 21 heavy (non-hydrogen) atoms. The normalized spacial score (nSPS) is 12.2. The maximum atomic E-state index is 6.21. The third kappa shape index (κ3) is 3.83. The molecule has 0 fully saturated rings. The largest absolute Gasteiger partial charge is 0.496 e. The summed E-state index contributed by atoms with van der Waals surface area (Å²) in [4.78, 5) is 0. The average Bonchev–Trinajstić information content (AvgIpc) is 2.50. The first kappa shape index (κ1) is 16.4. The number of nitrogens with one attached hydrogen (secondary N) is 1. The molecule has 0 aliphatic heterocycles. The average molecular weight is 345 g/mol. The lowest BCUT2D eigenvalue weighted by molar-refractivity contribution is 0.401. The Bertz CT molecular complexity index is 631. The fourth-order valence-electron chi connectivity index (χ4n) is 2.12. The van der Waals surface area contributed by atoms with E-state index >= 15 is 0 Å². The van der Waals surface area contributed by atoms with Crippen molar-refractivity contribution in [3.05, 3.63) is 62.6 Å². The van der Waals surface area contributed by atoms with E-state index in [0.29, 0.717) is 21.6 Å². The van der Waals surface area contributed by atoms with E-state index in [1.807, 2.05) is 24.3 Å². The second kappa shape index (κ2) is 7.37. The zero-order chi connectivity index (χ0) is 15.4. The van der Waals surface area contributed by atoms with E-state index in [4.69, 9.17) is 39.5 Å². The van der Waals surface area contributed by atoms with Gasteiger partial charge in [0.2, 0.25) is 0 Å². The van der Waals surface area contributed by atoms with Crippen LogP contribution in [0.25, 0.3) is 0 Å². The van der Waals surface area contributed by atoms with E-state index in [-0.39, 0.29) is 6.04 Å². The van der Waals surface area contributed by atoms with Crippen molar-refractivity contribution in [1.29, 1.82) is 0 Å². The molecule has 0 saturated heterocycles. The fraction of sp³-hybridized carbons (Fsp3) is 0.250. The number of ether oxygens (including phenoxy) is 1. The van der Waals surface area contributed by atoms with Crippen molar-refractivity contribution in [2.75, 3.05) is 7.11 Å². The van der Waals surface area contributed by atoms with E-state index in [1.54, 1.807) is 19.2 Å². The molecule has 2 aromatic carbocycles. The molecule has 0 aliphatic rings. The fourth-order valence-corrected chi connectivity index (χ4v) is 2.80. The molecule has 1 N–H and O–H groups in total. The van der Waals surface area contributed by atoms with Crippen LogP contribution in [0.2, 0.25) is 15.1 Å². The van der Waals surface area contributed by atoms with Gasteiger partial charge in [-0.1, -0.05) is 53.0 Å². The highest BCUT2D eigenvalue weighted by Crippen LogP contribution is 2.32. The Hall–Kier alpha value is -0.930. The first-order valence-corrected chi connectivity index (χ1v) is 7.66. The number of para-hydroxylation sites is 1. The second-order valence-corrected chi connectivity index (χ2v) is 5.86. The maximum absolute atomic E-state index is 6.21. The minimum Gasteiger partial charge on any atom is -0.496 e. The monoisotopic (exact) mass is 343 g/mol. The first-order valence-electron chi connectivity index (χ1n) is 6.53. The van der Waals surface area contributed by atoms with Gasteiger partial charge in [0.15, 0.2) is 0 Å². The Morgan fingerprint density at radius 2 is 1.71 bits per heavy atom. The Morgan fingerprint density at radius 3 is 2.43 bits per heavy atom. The van der Waals surface area contributed by atoms with Crippen LogP contribution in [-0.2, 0) is 6.54 Å². The Kier molecular flexibility index (Phi) is 5.77. The number of hydrogen-bond donors (Lipinski definition) is 1. The van der Waals surface area contributed by atoms with Crippen molar-refractivity contribution in [1.82, 2.24) is 5.32 Å². The summed E-state index contributed by atoms with van der Waals surface area (Å²) in [6.45, 7) is 2.58. The van der Waals surface area contributed by atoms with Crippen molar-refractivity contribution < 1.29 is 4.74 Å². The minimum atomic E-state index is 0.0901. The van der Waals surface area contributed by atoms with Gasteiger partial charge < -0.3 is 10.1 Å². The zero-order valence-electron chi connectivity index (χ0n) is 11.8. The van der Waals surface area contributed by atoms with Gasteiger partial charge in [-0.2, -0.15) is 0 Å². The summed E-state index contributed by atoms with van der Waals surface area (Å²) < 4.78 is 5.37. The van der Waals surface area contributed by atoms with Gasteiger partial charge in [-0.05, 0) is 25.1 Å². The van der Waals surface area contributed by atoms with Gasteiger partial charge in [-0.15, -0.1) is 0 Å². The first-order chi connectivity index (χ1) is 10.0. The molecule has 0 radical (unpaired) electrons. The van der Waals surface area contributed by atoms with E-state index < -0.39 is 0 Å². The number of rotatable bonds is 5. The van der Waals surface area contributed by atoms with E-state index in [1.165, 1.54) is 0 Å². The van der Waals surface area contributed by atoms with Crippen molar-refractivity contribution >= 4 is 34.8 Å². The summed E-state index contributed by atoms with van der Waals surface area (Å²) in [7, 11) is 1.66. The highest BCUT2D eigenvalue weighted by atomic mass is 35.5. The highest BCUT2D eigenvalue weighted by molar-refractivity contribution is 6.44. The van der Waals surface area contributed by atoms with E-state index in [2.05, 4.69) is 12.2 Å². The number of methoxy groups -OCH3 is 1. The van der Waals surface area contributed by atoms with Crippen LogP contribution in [0.1, 0.15) is 24.1 Å². The summed E-state index contributed by atoms with van der Waals surface area (Å²) in [5.74, 6) is 0.848. The molecule has 112 valence electrons. The van der Waals surface area contributed by atoms with Crippen LogP contribution >= 0.6 is 34.8 Å². The van der Waals surface area contributed by atoms with Crippen LogP contribution in [0, 0.1) is 0 Å². The highest BCUT2D eigenvalue weighted by Gasteiger charge is 2.13. The SMILES string of the molecule is COc1ccccc1[C@H](C)NCc1c(Cl)ccc(Cl)c1Cl. The Balaban J connectivity index is 2.15. The maximum Gasteiger partial charge on any atom is 0.123 e. The molecule has 0 aliphatic carbocycles. The van der Waals surface area contributed by atoms with Gasteiger partial charge in [0, 0.05) is 28.7 Å². The predicted molar refractivity (Wildman–Crippen MR) is 89.7 cm³/mol. The predicted octanol–water partition coefficient (Wildman–Crippen LogP) is 5.51. The Labute approximate surface area is 140 Å². The molecule has 0 saturated carbocycles. The lowest BCUT2D eigenvalue weighted by Crippen LogP contribution is -2.19. The molecule has 0 bridgehead atoms. The number of benzene rings is 2. The summed E-state index contributed by atoms with van der Waals surface area (Å²) in [6, 6.07) is 11.4. The zero-order valence-corrected chi connectivity index (χ0v) is 14.1. The smallest absolute Gasteiger partial charge is 0.123 e. The third-order valence-electron chi connectivity index (χ3n) is 3.33. The Morgan fingerprint density at radius 1 is 1.05 bits per heavy atom. The summed E-state index contributed by atoms with van der Waals surface area (Å²) in [5.41, 5.74) is 1.88. The molecule has 0 spiro atoms. The van der Waals surface area contributed by atoms with Gasteiger partial charge in [0.25, 0.3) is 0 Å². The lowest BCUT2D eigenvalue weighted by atomic mass is 10.1. The molecule has 0 unspecified atom stereocenters. The van der Waals surface area contributed by atoms with Crippen LogP contribution < -0.4 is 10.1 Å². The number of halogens is 3. The topological polar surface area (TPSA) is 21.3 Å². The van der Waals surface area contributed by atoms with Gasteiger partial charge in [-0.25, -0.2) is 0 Å². The van der Waals surface area contributed by atoms with Crippen LogP contribution in [-0.4, -0.2) is 7.11 Å². The van der Waals surface area contributed by atoms with Crippen molar-refractivity contribution in [3.8, 4) is 5.75 Å². The van der Waals surface area contributed by atoms with Crippen LogP contribution in [0.5, 0.6) is 5.75 Å². The minimum absolute atomic E-state index is 0.0901. The molecule has 2 aromatic rings. The standard InChI is InChI=1S/C16H16Cl3NO/c1-10(11-5-3-4-6-15(11)21-2)20-9-12-13(17)7-8-14(18)16(12)19/h3-8,10,20H,9H2,1-2H3/t10-/m0/s1. The molecule has 0 heterocycles. The summed E-state index contributed by atoms with van der Waals surface area (Å²) in [5, 5.41) is 4.98. The van der Waals surface area contributed by atoms with Crippen LogP contribution in [0.15, 0.2) is 36.4 Å². The summed E-state index contributed by atoms with van der Waals surface area (Å²) in [6.07, 6.45) is 0. The van der Waals surface area contributed by atoms with Gasteiger partial charge in [0.1, 0.15) is 5.75 Å². The second-order valence-electron chi connectivity index (χ2n) is 4.67. The molecular formula is C16H16Cl3NO. The quantitative estimate of drug-likeness (QED) is 0.722. The molecule has 2 rings (SSSR count).